The van der Waals surface area contributed by atoms with E-state index in [1.165, 1.54) is 20.3 Å². The molecule has 0 spiro atoms. The summed E-state index contributed by atoms with van der Waals surface area (Å²) in [5, 5.41) is 0. The van der Waals surface area contributed by atoms with Crippen LogP contribution in [-0.4, -0.2) is 7.11 Å². The quantitative estimate of drug-likeness (QED) is 0.750. The SMILES string of the molecule is COc1ccc(-c2cc(C)cc(I)c2)cc1. The monoisotopic (exact) mass is 324 g/mol. The highest BCUT2D eigenvalue weighted by atomic mass is 127. The Morgan fingerprint density at radius 3 is 2.19 bits per heavy atom. The molecule has 0 heterocycles. The van der Waals surface area contributed by atoms with Crippen molar-refractivity contribution in [1.82, 2.24) is 0 Å². The van der Waals surface area contributed by atoms with Crippen LogP contribution in [0.1, 0.15) is 5.56 Å². The van der Waals surface area contributed by atoms with Crippen LogP contribution in [0.3, 0.4) is 0 Å². The summed E-state index contributed by atoms with van der Waals surface area (Å²) in [7, 11) is 1.69. The van der Waals surface area contributed by atoms with Crippen molar-refractivity contribution in [2.45, 2.75) is 6.92 Å². The van der Waals surface area contributed by atoms with Gasteiger partial charge in [0.1, 0.15) is 5.75 Å². The minimum absolute atomic E-state index is 0.895. The summed E-state index contributed by atoms with van der Waals surface area (Å²) in [6, 6.07) is 14.7. The Balaban J connectivity index is 2.42. The lowest BCUT2D eigenvalue weighted by molar-refractivity contribution is 0.415. The average Bonchev–Trinajstić information content (AvgIpc) is 2.28. The number of hydrogen-bond donors (Lipinski definition) is 0. The molecule has 2 aromatic carbocycles. The van der Waals surface area contributed by atoms with Gasteiger partial charge in [0, 0.05) is 3.57 Å². The van der Waals surface area contributed by atoms with Crippen LogP contribution >= 0.6 is 22.6 Å². The Bertz CT molecular complexity index is 468. The van der Waals surface area contributed by atoms with E-state index in [-0.39, 0.29) is 0 Å². The highest BCUT2D eigenvalue weighted by molar-refractivity contribution is 14.1. The van der Waals surface area contributed by atoms with Gasteiger partial charge in [-0.25, -0.2) is 0 Å². The molecule has 0 unspecified atom stereocenters. The summed E-state index contributed by atoms with van der Waals surface area (Å²) in [4.78, 5) is 0. The lowest BCUT2D eigenvalue weighted by Gasteiger charge is -2.05. The maximum absolute atomic E-state index is 5.15. The zero-order chi connectivity index (χ0) is 11.5. The maximum Gasteiger partial charge on any atom is 0.118 e. The number of hydrogen-bond acceptors (Lipinski definition) is 1. The summed E-state index contributed by atoms with van der Waals surface area (Å²) in [5.41, 5.74) is 3.77. The topological polar surface area (TPSA) is 9.23 Å². The molecule has 0 radical (unpaired) electrons. The predicted octanol–water partition coefficient (Wildman–Crippen LogP) is 4.28. The van der Waals surface area contributed by atoms with Crippen LogP contribution in [0, 0.1) is 10.5 Å². The molecule has 2 rings (SSSR count). The summed E-state index contributed by atoms with van der Waals surface area (Å²) >= 11 is 2.35. The Hall–Kier alpha value is -1.03. The molecule has 0 aliphatic carbocycles. The first kappa shape index (κ1) is 11.5. The van der Waals surface area contributed by atoms with Crippen LogP contribution in [0.4, 0.5) is 0 Å². The molecule has 0 amide bonds. The standard InChI is InChI=1S/C14H13IO/c1-10-7-12(9-13(15)8-10)11-3-5-14(16-2)6-4-11/h3-9H,1-2H3. The van der Waals surface area contributed by atoms with Gasteiger partial charge in [0.2, 0.25) is 0 Å². The molecule has 2 aromatic rings. The van der Waals surface area contributed by atoms with Crippen molar-refractivity contribution in [3.05, 3.63) is 51.6 Å². The first-order valence-electron chi connectivity index (χ1n) is 5.10. The molecule has 0 saturated carbocycles. The Morgan fingerprint density at radius 1 is 0.938 bits per heavy atom. The van der Waals surface area contributed by atoms with E-state index < -0.39 is 0 Å². The van der Waals surface area contributed by atoms with E-state index in [4.69, 9.17) is 4.74 Å². The van der Waals surface area contributed by atoms with Crippen LogP contribution in [-0.2, 0) is 0 Å². The van der Waals surface area contributed by atoms with Crippen molar-refractivity contribution in [2.24, 2.45) is 0 Å². The van der Waals surface area contributed by atoms with Crippen LogP contribution in [0.25, 0.3) is 11.1 Å². The molecule has 0 aliphatic rings. The largest absolute Gasteiger partial charge is 0.497 e. The van der Waals surface area contributed by atoms with Gasteiger partial charge in [-0.3, -0.25) is 0 Å². The molecule has 0 atom stereocenters. The number of benzene rings is 2. The van der Waals surface area contributed by atoms with Gasteiger partial charge in [0.05, 0.1) is 7.11 Å². The zero-order valence-corrected chi connectivity index (χ0v) is 11.5. The lowest BCUT2D eigenvalue weighted by Crippen LogP contribution is -1.84. The predicted molar refractivity (Wildman–Crippen MR) is 75.9 cm³/mol. The van der Waals surface area contributed by atoms with E-state index in [2.05, 4.69) is 59.8 Å². The summed E-state index contributed by atoms with van der Waals surface area (Å²) in [5.74, 6) is 0.895. The molecule has 16 heavy (non-hydrogen) atoms. The van der Waals surface area contributed by atoms with Gasteiger partial charge in [-0.05, 0) is 70.5 Å². The molecule has 82 valence electrons. The molecule has 2 heteroatoms. The van der Waals surface area contributed by atoms with Crippen LogP contribution in [0.5, 0.6) is 5.75 Å². The molecule has 0 aromatic heterocycles. The maximum atomic E-state index is 5.15. The summed E-state index contributed by atoms with van der Waals surface area (Å²) in [6.07, 6.45) is 0. The molecular formula is C14H13IO. The van der Waals surface area contributed by atoms with Gasteiger partial charge in [-0.2, -0.15) is 0 Å². The third-order valence-electron chi connectivity index (χ3n) is 2.47. The van der Waals surface area contributed by atoms with Gasteiger partial charge in [-0.15, -0.1) is 0 Å². The molecule has 0 saturated heterocycles. The Kier molecular flexibility index (Phi) is 3.49. The lowest BCUT2D eigenvalue weighted by atomic mass is 10.0. The van der Waals surface area contributed by atoms with Crippen LogP contribution < -0.4 is 4.74 Å². The highest BCUT2D eigenvalue weighted by Gasteiger charge is 2.00. The zero-order valence-electron chi connectivity index (χ0n) is 9.33. The van der Waals surface area contributed by atoms with Crippen molar-refractivity contribution < 1.29 is 4.74 Å². The average molecular weight is 324 g/mol. The van der Waals surface area contributed by atoms with Crippen molar-refractivity contribution in [2.75, 3.05) is 7.11 Å². The van der Waals surface area contributed by atoms with Crippen molar-refractivity contribution >= 4 is 22.6 Å². The third-order valence-corrected chi connectivity index (χ3v) is 3.09. The Labute approximate surface area is 110 Å². The molecule has 0 aliphatic heterocycles. The third kappa shape index (κ3) is 2.55. The number of halogens is 1. The van der Waals surface area contributed by atoms with Crippen molar-refractivity contribution in [3.63, 3.8) is 0 Å². The number of methoxy groups -OCH3 is 1. The second-order valence-corrected chi connectivity index (χ2v) is 4.99. The van der Waals surface area contributed by atoms with Crippen LogP contribution in [0.15, 0.2) is 42.5 Å². The second kappa shape index (κ2) is 4.87. The van der Waals surface area contributed by atoms with Gasteiger partial charge in [0.15, 0.2) is 0 Å². The normalized spacial score (nSPS) is 10.2. The van der Waals surface area contributed by atoms with E-state index in [0.29, 0.717) is 0 Å². The molecule has 1 nitrogen and oxygen atoms in total. The fourth-order valence-corrected chi connectivity index (χ4v) is 2.51. The first-order valence-corrected chi connectivity index (χ1v) is 6.18. The van der Waals surface area contributed by atoms with Gasteiger partial charge < -0.3 is 4.74 Å². The number of aryl methyl sites for hydroxylation is 1. The highest BCUT2D eigenvalue weighted by Crippen LogP contribution is 2.25. The molecule has 0 bridgehead atoms. The second-order valence-electron chi connectivity index (χ2n) is 3.75. The fourth-order valence-electron chi connectivity index (χ4n) is 1.69. The van der Waals surface area contributed by atoms with E-state index in [1.54, 1.807) is 7.11 Å². The molecule has 0 fully saturated rings. The van der Waals surface area contributed by atoms with E-state index in [0.717, 1.165) is 5.75 Å². The van der Waals surface area contributed by atoms with E-state index in [9.17, 15) is 0 Å². The van der Waals surface area contributed by atoms with E-state index in [1.807, 2.05) is 12.1 Å². The van der Waals surface area contributed by atoms with Crippen molar-refractivity contribution in [3.8, 4) is 16.9 Å². The van der Waals surface area contributed by atoms with Gasteiger partial charge >= 0.3 is 0 Å². The smallest absolute Gasteiger partial charge is 0.118 e. The minimum Gasteiger partial charge on any atom is -0.497 e. The first-order chi connectivity index (χ1) is 7.69. The van der Waals surface area contributed by atoms with Gasteiger partial charge in [0.25, 0.3) is 0 Å². The summed E-state index contributed by atoms with van der Waals surface area (Å²) < 4.78 is 6.42. The van der Waals surface area contributed by atoms with Crippen LogP contribution in [0.2, 0.25) is 0 Å². The molecular weight excluding hydrogens is 311 g/mol. The Morgan fingerprint density at radius 2 is 1.62 bits per heavy atom. The van der Waals surface area contributed by atoms with Crippen molar-refractivity contribution in [1.29, 1.82) is 0 Å². The van der Waals surface area contributed by atoms with E-state index >= 15 is 0 Å². The van der Waals surface area contributed by atoms with Gasteiger partial charge in [-0.1, -0.05) is 18.2 Å². The number of rotatable bonds is 2. The molecule has 0 N–H and O–H groups in total. The minimum atomic E-state index is 0.895. The summed E-state index contributed by atoms with van der Waals surface area (Å²) in [6.45, 7) is 2.12. The number of ether oxygens (including phenoxy) is 1. The fraction of sp³-hybridized carbons (Fsp3) is 0.143.